The summed E-state index contributed by atoms with van der Waals surface area (Å²) in [5.41, 5.74) is 0. The maximum atomic E-state index is 11.4. The van der Waals surface area contributed by atoms with Gasteiger partial charge in [-0.2, -0.15) is 0 Å². The van der Waals surface area contributed by atoms with Crippen molar-refractivity contribution in [3.63, 3.8) is 0 Å². The standard InChI is InChI=1S/C17H30O4/c1-3-5-6-7-8-9-10-11-12-13-17(19)21-15-14-20-16(18)4-2/h4H,2-3,5-15H2,1H3. The van der Waals surface area contributed by atoms with Crippen LogP contribution in [0.1, 0.15) is 71.1 Å². The van der Waals surface area contributed by atoms with Crippen molar-refractivity contribution in [2.75, 3.05) is 13.2 Å². The van der Waals surface area contributed by atoms with Crippen molar-refractivity contribution in [2.45, 2.75) is 71.1 Å². The number of hydrogen-bond acceptors (Lipinski definition) is 4. The van der Waals surface area contributed by atoms with Gasteiger partial charge in [0.25, 0.3) is 0 Å². The van der Waals surface area contributed by atoms with Crippen molar-refractivity contribution in [1.29, 1.82) is 0 Å². The molecule has 0 unspecified atom stereocenters. The number of carbonyl (C=O) groups excluding carboxylic acids is 2. The molecule has 0 rings (SSSR count). The molecule has 0 N–H and O–H groups in total. The van der Waals surface area contributed by atoms with Crippen LogP contribution in [0.25, 0.3) is 0 Å². The Kier molecular flexibility index (Phi) is 14.1. The second-order valence-electron chi connectivity index (χ2n) is 5.17. The Hall–Kier alpha value is -1.32. The van der Waals surface area contributed by atoms with Gasteiger partial charge in [0.05, 0.1) is 0 Å². The minimum atomic E-state index is -0.495. The molecule has 0 bridgehead atoms. The van der Waals surface area contributed by atoms with E-state index in [0.29, 0.717) is 6.42 Å². The molecule has 0 aromatic heterocycles. The third-order valence-electron chi connectivity index (χ3n) is 3.24. The van der Waals surface area contributed by atoms with E-state index in [1.165, 1.54) is 44.9 Å². The third kappa shape index (κ3) is 14.9. The molecule has 0 aliphatic carbocycles. The van der Waals surface area contributed by atoms with Crippen LogP contribution in [0.4, 0.5) is 0 Å². The van der Waals surface area contributed by atoms with Gasteiger partial charge in [-0.25, -0.2) is 4.79 Å². The van der Waals surface area contributed by atoms with Crippen LogP contribution in [-0.2, 0) is 19.1 Å². The zero-order chi connectivity index (χ0) is 15.8. The predicted octanol–water partition coefficient (Wildman–Crippen LogP) is 4.18. The molecule has 0 aliphatic heterocycles. The minimum absolute atomic E-state index is 0.0916. The summed E-state index contributed by atoms with van der Waals surface area (Å²) in [6.07, 6.45) is 12.6. The Bertz CT molecular complexity index is 287. The van der Waals surface area contributed by atoms with Gasteiger partial charge in [-0.1, -0.05) is 64.9 Å². The quantitative estimate of drug-likeness (QED) is 0.274. The molecule has 0 amide bonds. The lowest BCUT2D eigenvalue weighted by Crippen LogP contribution is -2.12. The number of ether oxygens (including phenoxy) is 2. The Morgan fingerprint density at radius 1 is 0.857 bits per heavy atom. The largest absolute Gasteiger partial charge is 0.462 e. The predicted molar refractivity (Wildman–Crippen MR) is 84.0 cm³/mol. The van der Waals surface area contributed by atoms with E-state index >= 15 is 0 Å². The fourth-order valence-electron chi connectivity index (χ4n) is 2.01. The van der Waals surface area contributed by atoms with Crippen LogP contribution in [0, 0.1) is 0 Å². The van der Waals surface area contributed by atoms with Gasteiger partial charge in [-0.3, -0.25) is 4.79 Å². The average Bonchev–Trinajstić information content (AvgIpc) is 2.49. The number of hydrogen-bond donors (Lipinski definition) is 0. The Morgan fingerprint density at radius 2 is 1.38 bits per heavy atom. The number of esters is 2. The highest BCUT2D eigenvalue weighted by molar-refractivity contribution is 5.81. The zero-order valence-corrected chi connectivity index (χ0v) is 13.4. The highest BCUT2D eigenvalue weighted by atomic mass is 16.6. The summed E-state index contributed by atoms with van der Waals surface area (Å²) in [5.74, 6) is -0.711. The number of rotatable bonds is 14. The third-order valence-corrected chi connectivity index (χ3v) is 3.24. The second kappa shape index (κ2) is 15.1. The van der Waals surface area contributed by atoms with Crippen molar-refractivity contribution in [1.82, 2.24) is 0 Å². The molecule has 0 aromatic carbocycles. The van der Waals surface area contributed by atoms with Crippen LogP contribution < -0.4 is 0 Å². The van der Waals surface area contributed by atoms with Crippen LogP contribution in [0.15, 0.2) is 12.7 Å². The molecule has 0 heterocycles. The Balaban J connectivity index is 3.23. The Labute approximate surface area is 128 Å². The topological polar surface area (TPSA) is 52.6 Å². The molecule has 0 aromatic rings. The van der Waals surface area contributed by atoms with Crippen LogP contribution in [-0.4, -0.2) is 25.2 Å². The lowest BCUT2D eigenvalue weighted by Gasteiger charge is -2.05. The van der Waals surface area contributed by atoms with Crippen molar-refractivity contribution < 1.29 is 19.1 Å². The van der Waals surface area contributed by atoms with E-state index in [1.807, 2.05) is 0 Å². The van der Waals surface area contributed by atoms with E-state index in [1.54, 1.807) is 0 Å². The first kappa shape index (κ1) is 19.7. The fraction of sp³-hybridized carbons (Fsp3) is 0.765. The SMILES string of the molecule is C=CC(=O)OCCOC(=O)CCCCCCCCCCC. The van der Waals surface area contributed by atoms with Gasteiger partial charge in [-0.05, 0) is 6.42 Å². The summed E-state index contributed by atoms with van der Waals surface area (Å²) in [6.45, 7) is 5.72. The van der Waals surface area contributed by atoms with Crippen LogP contribution in [0.3, 0.4) is 0 Å². The molecule has 122 valence electrons. The van der Waals surface area contributed by atoms with Crippen LogP contribution >= 0.6 is 0 Å². The monoisotopic (exact) mass is 298 g/mol. The molecule has 4 heteroatoms. The number of carbonyl (C=O) groups is 2. The zero-order valence-electron chi connectivity index (χ0n) is 13.4. The van der Waals surface area contributed by atoms with E-state index in [4.69, 9.17) is 9.47 Å². The first-order valence-electron chi connectivity index (χ1n) is 8.15. The maximum Gasteiger partial charge on any atom is 0.330 e. The second-order valence-corrected chi connectivity index (χ2v) is 5.17. The van der Waals surface area contributed by atoms with Crippen molar-refractivity contribution in [3.8, 4) is 0 Å². The molecular formula is C17H30O4. The van der Waals surface area contributed by atoms with Gasteiger partial charge < -0.3 is 9.47 Å². The lowest BCUT2D eigenvalue weighted by atomic mass is 10.1. The van der Waals surface area contributed by atoms with Gasteiger partial charge >= 0.3 is 11.9 Å². The van der Waals surface area contributed by atoms with Gasteiger partial charge in [-0.15, -0.1) is 0 Å². The van der Waals surface area contributed by atoms with E-state index < -0.39 is 5.97 Å². The molecule has 0 aliphatic rings. The van der Waals surface area contributed by atoms with Gasteiger partial charge in [0.15, 0.2) is 0 Å². The molecule has 0 atom stereocenters. The molecule has 0 spiro atoms. The van der Waals surface area contributed by atoms with Crippen molar-refractivity contribution >= 4 is 11.9 Å². The van der Waals surface area contributed by atoms with E-state index in [-0.39, 0.29) is 19.2 Å². The summed E-state index contributed by atoms with van der Waals surface area (Å²) in [7, 11) is 0. The van der Waals surface area contributed by atoms with Crippen LogP contribution in [0.2, 0.25) is 0 Å². The highest BCUT2D eigenvalue weighted by Crippen LogP contribution is 2.10. The smallest absolute Gasteiger partial charge is 0.330 e. The summed E-state index contributed by atoms with van der Waals surface area (Å²) < 4.78 is 9.66. The molecule has 4 nitrogen and oxygen atoms in total. The molecule has 0 fully saturated rings. The van der Waals surface area contributed by atoms with Gasteiger partial charge in [0.1, 0.15) is 13.2 Å². The fourth-order valence-corrected chi connectivity index (χ4v) is 2.01. The number of unbranched alkanes of at least 4 members (excludes halogenated alkanes) is 8. The molecule has 0 radical (unpaired) electrons. The van der Waals surface area contributed by atoms with Gasteiger partial charge in [0, 0.05) is 12.5 Å². The summed E-state index contributed by atoms with van der Waals surface area (Å²) in [4.78, 5) is 22.1. The maximum absolute atomic E-state index is 11.4. The summed E-state index contributed by atoms with van der Waals surface area (Å²) in [5, 5.41) is 0. The van der Waals surface area contributed by atoms with E-state index in [2.05, 4.69) is 13.5 Å². The first-order valence-corrected chi connectivity index (χ1v) is 8.15. The molecule has 21 heavy (non-hydrogen) atoms. The van der Waals surface area contributed by atoms with Gasteiger partial charge in [0.2, 0.25) is 0 Å². The lowest BCUT2D eigenvalue weighted by molar-refractivity contribution is -0.149. The first-order chi connectivity index (χ1) is 10.2. The molecule has 0 saturated carbocycles. The summed E-state index contributed by atoms with van der Waals surface area (Å²) >= 11 is 0. The van der Waals surface area contributed by atoms with Crippen molar-refractivity contribution in [3.05, 3.63) is 12.7 Å². The highest BCUT2D eigenvalue weighted by Gasteiger charge is 2.03. The molecular weight excluding hydrogens is 268 g/mol. The Morgan fingerprint density at radius 3 is 1.95 bits per heavy atom. The van der Waals surface area contributed by atoms with E-state index in [9.17, 15) is 9.59 Å². The van der Waals surface area contributed by atoms with Crippen LogP contribution in [0.5, 0.6) is 0 Å². The average molecular weight is 298 g/mol. The molecule has 0 saturated heterocycles. The van der Waals surface area contributed by atoms with Crippen molar-refractivity contribution in [2.24, 2.45) is 0 Å². The van der Waals surface area contributed by atoms with E-state index in [0.717, 1.165) is 18.9 Å². The summed E-state index contributed by atoms with van der Waals surface area (Å²) in [6, 6.07) is 0. The minimum Gasteiger partial charge on any atom is -0.462 e. The normalized spacial score (nSPS) is 10.1.